The van der Waals surface area contributed by atoms with E-state index >= 15 is 0 Å². The van der Waals surface area contributed by atoms with Crippen molar-refractivity contribution in [3.05, 3.63) is 11.7 Å². The highest BCUT2D eigenvalue weighted by molar-refractivity contribution is 6.99. The van der Waals surface area contributed by atoms with Gasteiger partial charge in [-0.05, 0) is 12.8 Å². The highest BCUT2D eigenvalue weighted by atomic mass is 32.1. The first-order valence-electron chi connectivity index (χ1n) is 7.50. The van der Waals surface area contributed by atoms with Gasteiger partial charge in [0.05, 0.1) is 24.9 Å². The number of aromatic nitrogens is 4. The zero-order chi connectivity index (χ0) is 14.8. The predicted octanol–water partition coefficient (Wildman–Crippen LogP) is 1.60. The maximum absolute atomic E-state index is 5.72. The Hall–Kier alpha value is -1.74. The SMILES string of the molecule is C1CC(c2noc(COc3nsnc3N3CCOCC3)n2)C1. The molecule has 0 amide bonds. The number of anilines is 1. The van der Waals surface area contributed by atoms with Gasteiger partial charge in [-0.1, -0.05) is 11.6 Å². The molecule has 118 valence electrons. The highest BCUT2D eigenvalue weighted by Crippen LogP contribution is 2.34. The average molecular weight is 323 g/mol. The maximum Gasteiger partial charge on any atom is 0.271 e. The number of rotatable bonds is 5. The van der Waals surface area contributed by atoms with Crippen LogP contribution in [0.15, 0.2) is 4.52 Å². The van der Waals surface area contributed by atoms with Crippen molar-refractivity contribution >= 4 is 17.5 Å². The van der Waals surface area contributed by atoms with Gasteiger partial charge < -0.3 is 18.9 Å². The molecular weight excluding hydrogens is 306 g/mol. The average Bonchev–Trinajstić information content (AvgIpc) is 3.13. The Kier molecular flexibility index (Phi) is 3.90. The Morgan fingerprint density at radius 3 is 2.86 bits per heavy atom. The van der Waals surface area contributed by atoms with Crippen LogP contribution in [0.2, 0.25) is 0 Å². The minimum Gasteiger partial charge on any atom is -0.464 e. The van der Waals surface area contributed by atoms with Gasteiger partial charge in [0, 0.05) is 19.0 Å². The summed E-state index contributed by atoms with van der Waals surface area (Å²) in [6, 6.07) is 0. The lowest BCUT2D eigenvalue weighted by atomic mass is 9.85. The quantitative estimate of drug-likeness (QED) is 0.820. The Balaban J connectivity index is 1.39. The van der Waals surface area contributed by atoms with Crippen molar-refractivity contribution in [2.24, 2.45) is 0 Å². The molecule has 0 radical (unpaired) electrons. The van der Waals surface area contributed by atoms with Crippen LogP contribution in [0.25, 0.3) is 0 Å². The predicted molar refractivity (Wildman–Crippen MR) is 78.2 cm³/mol. The van der Waals surface area contributed by atoms with E-state index in [1.807, 2.05) is 0 Å². The molecule has 1 aliphatic heterocycles. The van der Waals surface area contributed by atoms with Gasteiger partial charge in [-0.3, -0.25) is 0 Å². The van der Waals surface area contributed by atoms with Gasteiger partial charge in [-0.2, -0.15) is 9.36 Å². The normalized spacial score (nSPS) is 19.2. The van der Waals surface area contributed by atoms with Crippen LogP contribution in [-0.4, -0.2) is 45.2 Å². The van der Waals surface area contributed by atoms with Crippen LogP contribution in [-0.2, 0) is 11.3 Å². The Labute approximate surface area is 131 Å². The zero-order valence-corrected chi connectivity index (χ0v) is 12.9. The lowest BCUT2D eigenvalue weighted by Crippen LogP contribution is -2.36. The number of ether oxygens (including phenoxy) is 2. The first-order valence-corrected chi connectivity index (χ1v) is 8.24. The van der Waals surface area contributed by atoms with E-state index < -0.39 is 0 Å². The molecule has 0 N–H and O–H groups in total. The van der Waals surface area contributed by atoms with E-state index in [2.05, 4.69) is 23.8 Å². The number of nitrogens with zero attached hydrogens (tertiary/aromatic N) is 5. The summed E-state index contributed by atoms with van der Waals surface area (Å²) in [6.45, 7) is 3.22. The van der Waals surface area contributed by atoms with Crippen molar-refractivity contribution in [3.63, 3.8) is 0 Å². The van der Waals surface area contributed by atoms with E-state index in [1.54, 1.807) is 0 Å². The molecule has 2 aromatic rings. The van der Waals surface area contributed by atoms with Crippen LogP contribution < -0.4 is 9.64 Å². The Bertz CT molecular complexity index is 621. The van der Waals surface area contributed by atoms with E-state index in [1.165, 1.54) is 6.42 Å². The summed E-state index contributed by atoms with van der Waals surface area (Å²) in [5.74, 6) is 3.04. The number of hydrogen-bond acceptors (Lipinski definition) is 9. The third kappa shape index (κ3) is 2.78. The van der Waals surface area contributed by atoms with Gasteiger partial charge in [-0.15, -0.1) is 4.37 Å². The van der Waals surface area contributed by atoms with Crippen LogP contribution in [0.4, 0.5) is 5.82 Å². The van der Waals surface area contributed by atoms with E-state index in [4.69, 9.17) is 14.0 Å². The van der Waals surface area contributed by atoms with Crippen molar-refractivity contribution < 1.29 is 14.0 Å². The van der Waals surface area contributed by atoms with Crippen LogP contribution in [0.3, 0.4) is 0 Å². The summed E-state index contributed by atoms with van der Waals surface area (Å²) < 4.78 is 24.8. The molecule has 0 unspecified atom stereocenters. The summed E-state index contributed by atoms with van der Waals surface area (Å²) in [4.78, 5) is 6.51. The molecule has 0 spiro atoms. The third-order valence-corrected chi connectivity index (χ3v) is 4.54. The van der Waals surface area contributed by atoms with Crippen molar-refractivity contribution in [1.82, 2.24) is 18.9 Å². The van der Waals surface area contributed by atoms with Crippen molar-refractivity contribution in [2.75, 3.05) is 31.2 Å². The minimum absolute atomic E-state index is 0.225. The lowest BCUT2D eigenvalue weighted by Gasteiger charge is -2.26. The fourth-order valence-electron chi connectivity index (χ4n) is 2.52. The Morgan fingerprint density at radius 2 is 2.09 bits per heavy atom. The third-order valence-electron chi connectivity index (χ3n) is 4.04. The highest BCUT2D eigenvalue weighted by Gasteiger charge is 2.25. The standard InChI is InChI=1S/C13H17N5O3S/c1-2-9(3-1)11-14-10(21-15-11)8-20-13-12(16-22-17-13)18-4-6-19-7-5-18/h9H,1-8H2. The molecule has 2 aliphatic rings. The van der Waals surface area contributed by atoms with E-state index in [0.717, 1.165) is 49.3 Å². The second kappa shape index (κ2) is 6.17. The summed E-state index contributed by atoms with van der Waals surface area (Å²) >= 11 is 1.14. The molecule has 1 aliphatic carbocycles. The van der Waals surface area contributed by atoms with Gasteiger partial charge in [0.25, 0.3) is 11.8 Å². The van der Waals surface area contributed by atoms with Gasteiger partial charge in [0.15, 0.2) is 12.4 Å². The summed E-state index contributed by atoms with van der Waals surface area (Å²) in [7, 11) is 0. The summed E-state index contributed by atoms with van der Waals surface area (Å²) in [5, 5.41) is 4.02. The molecule has 2 fully saturated rings. The molecule has 3 heterocycles. The molecule has 1 saturated heterocycles. The molecule has 4 rings (SSSR count). The minimum atomic E-state index is 0.225. The maximum atomic E-state index is 5.72. The Morgan fingerprint density at radius 1 is 1.23 bits per heavy atom. The zero-order valence-electron chi connectivity index (χ0n) is 12.1. The van der Waals surface area contributed by atoms with E-state index in [-0.39, 0.29) is 6.61 Å². The van der Waals surface area contributed by atoms with Gasteiger partial charge in [-0.25, -0.2) is 0 Å². The fraction of sp³-hybridized carbons (Fsp3) is 0.692. The molecule has 0 atom stereocenters. The molecule has 22 heavy (non-hydrogen) atoms. The monoisotopic (exact) mass is 323 g/mol. The molecule has 8 nitrogen and oxygen atoms in total. The first-order chi connectivity index (χ1) is 10.9. The topological polar surface area (TPSA) is 86.4 Å². The van der Waals surface area contributed by atoms with Crippen LogP contribution in [0, 0.1) is 0 Å². The van der Waals surface area contributed by atoms with Crippen LogP contribution in [0.1, 0.15) is 36.9 Å². The van der Waals surface area contributed by atoms with Gasteiger partial charge in [0.1, 0.15) is 0 Å². The second-order valence-corrected chi connectivity index (χ2v) is 5.98. The molecule has 2 aromatic heterocycles. The van der Waals surface area contributed by atoms with Crippen molar-refractivity contribution in [3.8, 4) is 5.88 Å². The van der Waals surface area contributed by atoms with Crippen LogP contribution in [0.5, 0.6) is 5.88 Å². The largest absolute Gasteiger partial charge is 0.464 e. The van der Waals surface area contributed by atoms with E-state index in [9.17, 15) is 0 Å². The molecular formula is C13H17N5O3S. The first kappa shape index (κ1) is 13.9. The number of hydrogen-bond donors (Lipinski definition) is 0. The molecule has 9 heteroatoms. The summed E-state index contributed by atoms with van der Waals surface area (Å²) in [5.41, 5.74) is 0. The lowest BCUT2D eigenvalue weighted by molar-refractivity contribution is 0.122. The van der Waals surface area contributed by atoms with Gasteiger partial charge in [0.2, 0.25) is 5.82 Å². The van der Waals surface area contributed by atoms with E-state index in [0.29, 0.717) is 30.9 Å². The second-order valence-electron chi connectivity index (χ2n) is 5.46. The molecule has 0 bridgehead atoms. The summed E-state index contributed by atoms with van der Waals surface area (Å²) in [6.07, 6.45) is 3.55. The smallest absolute Gasteiger partial charge is 0.271 e. The van der Waals surface area contributed by atoms with Crippen molar-refractivity contribution in [1.29, 1.82) is 0 Å². The fourth-order valence-corrected chi connectivity index (χ4v) is 3.04. The molecule has 0 aromatic carbocycles. The number of morpholine rings is 1. The van der Waals surface area contributed by atoms with Gasteiger partial charge >= 0.3 is 0 Å². The van der Waals surface area contributed by atoms with Crippen molar-refractivity contribution in [2.45, 2.75) is 31.8 Å². The van der Waals surface area contributed by atoms with Crippen LogP contribution >= 0.6 is 11.7 Å². The molecule has 1 saturated carbocycles.